The van der Waals surface area contributed by atoms with E-state index in [1.54, 1.807) is 0 Å². The van der Waals surface area contributed by atoms with Crippen molar-refractivity contribution in [2.75, 3.05) is 0 Å². The molecule has 0 aliphatic rings. The SMILES string of the molecule is CCCC(N)c1ccc(OCc2ccccc2)cc1. The van der Waals surface area contributed by atoms with Gasteiger partial charge in [-0.1, -0.05) is 55.8 Å². The molecule has 0 aliphatic carbocycles. The maximum Gasteiger partial charge on any atom is 0.119 e. The van der Waals surface area contributed by atoms with Crippen molar-refractivity contribution in [1.82, 2.24) is 0 Å². The van der Waals surface area contributed by atoms with E-state index in [0.29, 0.717) is 6.61 Å². The van der Waals surface area contributed by atoms with Crippen molar-refractivity contribution in [3.63, 3.8) is 0 Å². The van der Waals surface area contributed by atoms with Gasteiger partial charge in [-0.3, -0.25) is 0 Å². The maximum atomic E-state index is 6.08. The van der Waals surface area contributed by atoms with Crippen LogP contribution >= 0.6 is 0 Å². The smallest absolute Gasteiger partial charge is 0.119 e. The van der Waals surface area contributed by atoms with Gasteiger partial charge >= 0.3 is 0 Å². The molecule has 2 heteroatoms. The molecule has 2 nitrogen and oxygen atoms in total. The Kier molecular flexibility index (Phi) is 4.99. The molecule has 2 N–H and O–H groups in total. The molecule has 19 heavy (non-hydrogen) atoms. The summed E-state index contributed by atoms with van der Waals surface area (Å²) in [6.45, 7) is 2.75. The van der Waals surface area contributed by atoms with Crippen molar-refractivity contribution >= 4 is 0 Å². The Balaban J connectivity index is 1.92. The molecule has 0 bridgehead atoms. The summed E-state index contributed by atoms with van der Waals surface area (Å²) in [5, 5.41) is 0. The molecular weight excluding hydrogens is 234 g/mol. The van der Waals surface area contributed by atoms with Gasteiger partial charge in [-0.2, -0.15) is 0 Å². The Morgan fingerprint density at radius 3 is 2.32 bits per heavy atom. The number of rotatable bonds is 6. The van der Waals surface area contributed by atoms with Gasteiger partial charge in [-0.05, 0) is 29.7 Å². The van der Waals surface area contributed by atoms with Crippen LogP contribution in [0.2, 0.25) is 0 Å². The first-order valence-corrected chi connectivity index (χ1v) is 6.82. The molecule has 0 aliphatic heterocycles. The van der Waals surface area contributed by atoms with Crippen molar-refractivity contribution in [3.8, 4) is 5.75 Å². The molecule has 0 spiro atoms. The second kappa shape index (κ2) is 6.95. The van der Waals surface area contributed by atoms with Gasteiger partial charge in [-0.15, -0.1) is 0 Å². The Labute approximate surface area is 115 Å². The maximum absolute atomic E-state index is 6.08. The predicted molar refractivity (Wildman–Crippen MR) is 79.1 cm³/mol. The van der Waals surface area contributed by atoms with Crippen molar-refractivity contribution in [2.45, 2.75) is 32.4 Å². The molecule has 0 fully saturated rings. The average molecular weight is 255 g/mol. The van der Waals surface area contributed by atoms with Crippen molar-refractivity contribution in [1.29, 1.82) is 0 Å². The van der Waals surface area contributed by atoms with Gasteiger partial charge < -0.3 is 10.5 Å². The summed E-state index contributed by atoms with van der Waals surface area (Å²) in [6, 6.07) is 18.4. The minimum atomic E-state index is 0.133. The Bertz CT molecular complexity index is 478. The van der Waals surface area contributed by atoms with Gasteiger partial charge in [0.05, 0.1) is 0 Å². The van der Waals surface area contributed by atoms with E-state index in [1.807, 2.05) is 30.3 Å². The highest BCUT2D eigenvalue weighted by Gasteiger charge is 2.04. The van der Waals surface area contributed by atoms with E-state index in [4.69, 9.17) is 10.5 Å². The zero-order chi connectivity index (χ0) is 13.5. The first-order chi connectivity index (χ1) is 9.29. The largest absolute Gasteiger partial charge is 0.489 e. The lowest BCUT2D eigenvalue weighted by atomic mass is 10.0. The lowest BCUT2D eigenvalue weighted by Gasteiger charge is -2.12. The van der Waals surface area contributed by atoms with E-state index >= 15 is 0 Å². The Morgan fingerprint density at radius 2 is 1.68 bits per heavy atom. The molecule has 1 atom stereocenters. The fourth-order valence-electron chi connectivity index (χ4n) is 2.03. The summed E-state index contributed by atoms with van der Waals surface area (Å²) in [5.41, 5.74) is 8.43. The fraction of sp³-hybridized carbons (Fsp3) is 0.294. The minimum absolute atomic E-state index is 0.133. The summed E-state index contributed by atoms with van der Waals surface area (Å²) >= 11 is 0. The van der Waals surface area contributed by atoms with E-state index in [9.17, 15) is 0 Å². The van der Waals surface area contributed by atoms with Crippen LogP contribution in [0.15, 0.2) is 54.6 Å². The van der Waals surface area contributed by atoms with Gasteiger partial charge in [0.25, 0.3) is 0 Å². The molecule has 0 amide bonds. The highest BCUT2D eigenvalue weighted by molar-refractivity contribution is 5.29. The molecule has 0 saturated carbocycles. The molecule has 0 saturated heterocycles. The van der Waals surface area contributed by atoms with Gasteiger partial charge in [0, 0.05) is 6.04 Å². The van der Waals surface area contributed by atoms with Gasteiger partial charge in [0.1, 0.15) is 12.4 Å². The Hall–Kier alpha value is -1.80. The normalized spacial score (nSPS) is 12.1. The van der Waals surface area contributed by atoms with Crippen LogP contribution in [0.5, 0.6) is 5.75 Å². The summed E-state index contributed by atoms with van der Waals surface area (Å²) in [7, 11) is 0. The lowest BCUT2D eigenvalue weighted by Crippen LogP contribution is -2.09. The number of benzene rings is 2. The van der Waals surface area contributed by atoms with E-state index in [0.717, 1.165) is 18.6 Å². The summed E-state index contributed by atoms with van der Waals surface area (Å²) < 4.78 is 5.75. The molecule has 2 aromatic carbocycles. The Morgan fingerprint density at radius 1 is 1.00 bits per heavy atom. The molecule has 2 aromatic rings. The zero-order valence-corrected chi connectivity index (χ0v) is 11.4. The molecule has 0 heterocycles. The van der Waals surface area contributed by atoms with Crippen LogP contribution in [0.4, 0.5) is 0 Å². The average Bonchev–Trinajstić information content (AvgIpc) is 2.47. The van der Waals surface area contributed by atoms with Crippen LogP contribution in [0.25, 0.3) is 0 Å². The molecule has 2 rings (SSSR count). The van der Waals surface area contributed by atoms with Crippen LogP contribution in [-0.4, -0.2) is 0 Å². The summed E-state index contributed by atoms with van der Waals surface area (Å²) in [4.78, 5) is 0. The van der Waals surface area contributed by atoms with Crippen LogP contribution in [0, 0.1) is 0 Å². The number of hydrogen-bond acceptors (Lipinski definition) is 2. The van der Waals surface area contributed by atoms with Gasteiger partial charge in [0.15, 0.2) is 0 Å². The first kappa shape index (κ1) is 13.6. The molecule has 1 unspecified atom stereocenters. The molecule has 0 aromatic heterocycles. The van der Waals surface area contributed by atoms with Crippen LogP contribution in [-0.2, 0) is 6.61 Å². The lowest BCUT2D eigenvalue weighted by molar-refractivity contribution is 0.306. The topological polar surface area (TPSA) is 35.2 Å². The van der Waals surface area contributed by atoms with E-state index in [-0.39, 0.29) is 6.04 Å². The summed E-state index contributed by atoms with van der Waals surface area (Å²) in [6.07, 6.45) is 2.12. The highest BCUT2D eigenvalue weighted by atomic mass is 16.5. The van der Waals surface area contributed by atoms with Crippen LogP contribution in [0.3, 0.4) is 0 Å². The van der Waals surface area contributed by atoms with Crippen molar-refractivity contribution in [2.24, 2.45) is 5.73 Å². The second-order valence-corrected chi connectivity index (χ2v) is 4.74. The highest BCUT2D eigenvalue weighted by Crippen LogP contribution is 2.20. The van der Waals surface area contributed by atoms with Crippen LogP contribution < -0.4 is 10.5 Å². The van der Waals surface area contributed by atoms with Crippen molar-refractivity contribution in [3.05, 3.63) is 65.7 Å². The van der Waals surface area contributed by atoms with E-state index in [2.05, 4.69) is 31.2 Å². The molecule has 0 radical (unpaired) electrons. The molecular formula is C17H21NO. The molecule has 100 valence electrons. The fourth-order valence-corrected chi connectivity index (χ4v) is 2.03. The third-order valence-electron chi connectivity index (χ3n) is 3.16. The van der Waals surface area contributed by atoms with E-state index < -0.39 is 0 Å². The van der Waals surface area contributed by atoms with Crippen molar-refractivity contribution < 1.29 is 4.74 Å². The second-order valence-electron chi connectivity index (χ2n) is 4.74. The predicted octanol–water partition coefficient (Wildman–Crippen LogP) is 4.07. The first-order valence-electron chi connectivity index (χ1n) is 6.82. The quantitative estimate of drug-likeness (QED) is 0.844. The summed E-state index contributed by atoms with van der Waals surface area (Å²) in [5.74, 6) is 0.885. The number of hydrogen-bond donors (Lipinski definition) is 1. The van der Waals surface area contributed by atoms with E-state index in [1.165, 1.54) is 11.1 Å². The third kappa shape index (κ3) is 4.11. The number of ether oxygens (including phenoxy) is 1. The third-order valence-corrected chi connectivity index (χ3v) is 3.16. The number of nitrogens with two attached hydrogens (primary N) is 1. The minimum Gasteiger partial charge on any atom is -0.489 e. The zero-order valence-electron chi connectivity index (χ0n) is 11.4. The van der Waals surface area contributed by atoms with Crippen LogP contribution in [0.1, 0.15) is 36.9 Å². The van der Waals surface area contributed by atoms with Gasteiger partial charge in [0.2, 0.25) is 0 Å². The standard InChI is InChI=1S/C17H21NO/c1-2-6-17(18)15-9-11-16(12-10-15)19-13-14-7-4-3-5-8-14/h3-5,7-12,17H,2,6,13,18H2,1H3. The monoisotopic (exact) mass is 255 g/mol. The van der Waals surface area contributed by atoms with Gasteiger partial charge in [-0.25, -0.2) is 0 Å².